The molecule has 0 aliphatic carbocycles. The van der Waals surface area contributed by atoms with Crippen molar-refractivity contribution < 1.29 is 27.8 Å². The average Bonchev–Trinajstić information content (AvgIpc) is 2.64. The van der Waals surface area contributed by atoms with E-state index >= 15 is 0 Å². The number of aromatic nitrogens is 1. The molecular formula is C19H17F3N2O3. The highest BCUT2D eigenvalue weighted by Crippen LogP contribution is 2.29. The average molecular weight is 378 g/mol. The molecule has 1 aliphatic heterocycles. The van der Waals surface area contributed by atoms with Crippen molar-refractivity contribution in [2.75, 3.05) is 6.61 Å². The van der Waals surface area contributed by atoms with E-state index in [0.29, 0.717) is 6.54 Å². The zero-order valence-electron chi connectivity index (χ0n) is 14.4. The van der Waals surface area contributed by atoms with Gasteiger partial charge in [-0.05, 0) is 41.8 Å². The molecule has 0 spiro atoms. The summed E-state index contributed by atoms with van der Waals surface area (Å²) in [6.45, 7) is 1.16. The molecule has 1 atom stereocenters. The number of rotatable bonds is 5. The predicted octanol–water partition coefficient (Wildman–Crippen LogP) is 4.27. The number of carboxylic acid groups (broad SMARTS) is 1. The Morgan fingerprint density at radius 3 is 2.74 bits per heavy atom. The highest BCUT2D eigenvalue weighted by molar-refractivity contribution is 5.88. The second-order valence-electron chi connectivity index (χ2n) is 6.22. The van der Waals surface area contributed by atoms with Gasteiger partial charge in [-0.2, -0.15) is 13.2 Å². The van der Waals surface area contributed by atoms with Crippen LogP contribution in [-0.4, -0.2) is 33.7 Å². The lowest BCUT2D eigenvalue weighted by Crippen LogP contribution is -2.24. The van der Waals surface area contributed by atoms with Crippen LogP contribution in [0.2, 0.25) is 0 Å². The molecule has 1 unspecified atom stereocenters. The smallest absolute Gasteiger partial charge is 0.422 e. The minimum absolute atomic E-state index is 0.0716. The quantitative estimate of drug-likeness (QED) is 0.842. The van der Waals surface area contributed by atoms with Crippen LogP contribution >= 0.6 is 0 Å². The summed E-state index contributed by atoms with van der Waals surface area (Å²) < 4.78 is 41.2. The van der Waals surface area contributed by atoms with Crippen LogP contribution in [0.1, 0.15) is 40.0 Å². The number of carboxylic acids is 1. The number of fused-ring (bicyclic) bond motifs is 1. The van der Waals surface area contributed by atoms with E-state index in [1.54, 1.807) is 24.3 Å². The van der Waals surface area contributed by atoms with Crippen molar-refractivity contribution in [1.29, 1.82) is 0 Å². The Hall–Kier alpha value is -3.03. The van der Waals surface area contributed by atoms with Crippen LogP contribution < -0.4 is 4.74 Å². The van der Waals surface area contributed by atoms with Crippen molar-refractivity contribution in [3.63, 3.8) is 0 Å². The molecule has 1 aliphatic rings. The molecule has 1 aromatic heterocycles. The molecule has 5 nitrogen and oxygen atoms in total. The zero-order valence-corrected chi connectivity index (χ0v) is 14.4. The maximum absolute atomic E-state index is 12.2. The maximum Gasteiger partial charge on any atom is 0.422 e. The normalized spacial score (nSPS) is 14.6. The summed E-state index contributed by atoms with van der Waals surface area (Å²) in [6, 6.07) is 8.01. The lowest BCUT2D eigenvalue weighted by molar-refractivity contribution is -0.154. The number of benzene rings is 1. The van der Waals surface area contributed by atoms with Crippen molar-refractivity contribution >= 4 is 12.0 Å². The Balaban J connectivity index is 1.69. The Kier molecular flexibility index (Phi) is 5.07. The maximum atomic E-state index is 12.2. The Labute approximate surface area is 153 Å². The van der Waals surface area contributed by atoms with Crippen LogP contribution in [0.25, 0.3) is 6.08 Å². The summed E-state index contributed by atoms with van der Waals surface area (Å²) in [7, 11) is 0. The molecule has 0 amide bonds. The Morgan fingerprint density at radius 2 is 2.11 bits per heavy atom. The number of halogens is 3. The van der Waals surface area contributed by atoms with Gasteiger partial charge in [-0.1, -0.05) is 12.1 Å². The number of nitrogens with zero attached hydrogens (tertiary/aromatic N) is 2. The third kappa shape index (κ3) is 4.58. The standard InChI is InChI=1S/C19H17F3N2O3/c1-12(15-4-5-17(23-9-15)27-11-19(20,21)22)24-7-6-13-8-14(18(25)26)2-3-16(13)10-24/h2-9,12H,10-11H2,1H3,(H,25,26). The fourth-order valence-corrected chi connectivity index (χ4v) is 2.79. The first-order valence-corrected chi connectivity index (χ1v) is 8.18. The molecule has 27 heavy (non-hydrogen) atoms. The topological polar surface area (TPSA) is 62.7 Å². The van der Waals surface area contributed by atoms with Gasteiger partial charge in [0.25, 0.3) is 0 Å². The SMILES string of the molecule is CC(c1ccc(OCC(F)(F)F)nc1)N1C=Cc2cc(C(=O)O)ccc2C1. The fourth-order valence-electron chi connectivity index (χ4n) is 2.79. The van der Waals surface area contributed by atoms with Crippen LogP contribution in [-0.2, 0) is 6.54 Å². The Morgan fingerprint density at radius 1 is 1.33 bits per heavy atom. The molecule has 1 aromatic carbocycles. The summed E-state index contributed by atoms with van der Waals surface area (Å²) >= 11 is 0. The third-order valence-electron chi connectivity index (χ3n) is 4.31. The van der Waals surface area contributed by atoms with Crippen LogP contribution in [0.3, 0.4) is 0 Å². The molecule has 0 fully saturated rings. The van der Waals surface area contributed by atoms with Crippen molar-refractivity contribution in [3.8, 4) is 5.88 Å². The largest absolute Gasteiger partial charge is 0.478 e. The number of alkyl halides is 3. The first kappa shape index (κ1) is 18.8. The van der Waals surface area contributed by atoms with E-state index in [-0.39, 0.29) is 17.5 Å². The van der Waals surface area contributed by atoms with Crippen molar-refractivity contribution in [1.82, 2.24) is 9.88 Å². The second-order valence-corrected chi connectivity index (χ2v) is 6.22. The molecule has 8 heteroatoms. The molecule has 0 saturated carbocycles. The van der Waals surface area contributed by atoms with Crippen molar-refractivity contribution in [3.05, 3.63) is 65.0 Å². The van der Waals surface area contributed by atoms with Gasteiger partial charge in [-0.3, -0.25) is 0 Å². The first-order chi connectivity index (χ1) is 12.7. The van der Waals surface area contributed by atoms with E-state index in [0.717, 1.165) is 16.7 Å². The summed E-state index contributed by atoms with van der Waals surface area (Å²) in [5.41, 5.74) is 2.91. The van der Waals surface area contributed by atoms with Gasteiger partial charge in [0.15, 0.2) is 6.61 Å². The molecule has 0 bridgehead atoms. The van der Waals surface area contributed by atoms with Gasteiger partial charge in [0.05, 0.1) is 11.6 Å². The number of ether oxygens (including phenoxy) is 1. The minimum Gasteiger partial charge on any atom is -0.478 e. The highest BCUT2D eigenvalue weighted by atomic mass is 19.4. The molecule has 2 aromatic rings. The van der Waals surface area contributed by atoms with Gasteiger partial charge < -0.3 is 14.7 Å². The van der Waals surface area contributed by atoms with Crippen LogP contribution in [0.15, 0.2) is 42.7 Å². The summed E-state index contributed by atoms with van der Waals surface area (Å²) in [6.07, 6.45) is 0.802. The number of aromatic carboxylic acids is 1. The van der Waals surface area contributed by atoms with E-state index in [1.807, 2.05) is 24.1 Å². The van der Waals surface area contributed by atoms with E-state index in [2.05, 4.69) is 9.72 Å². The van der Waals surface area contributed by atoms with Gasteiger partial charge in [0, 0.05) is 25.0 Å². The zero-order chi connectivity index (χ0) is 19.6. The van der Waals surface area contributed by atoms with Gasteiger partial charge in [-0.25, -0.2) is 9.78 Å². The lowest BCUT2D eigenvalue weighted by atomic mass is 9.99. The molecule has 0 saturated heterocycles. The van der Waals surface area contributed by atoms with Crippen molar-refractivity contribution in [2.24, 2.45) is 0 Å². The molecule has 142 valence electrons. The summed E-state index contributed by atoms with van der Waals surface area (Å²) in [5, 5.41) is 9.07. The van der Waals surface area contributed by atoms with E-state index in [4.69, 9.17) is 5.11 Å². The Bertz CT molecular complexity index is 863. The monoisotopic (exact) mass is 378 g/mol. The van der Waals surface area contributed by atoms with E-state index in [1.165, 1.54) is 12.3 Å². The number of pyridine rings is 1. The number of carbonyl (C=O) groups is 1. The van der Waals surface area contributed by atoms with E-state index < -0.39 is 18.8 Å². The van der Waals surface area contributed by atoms with Gasteiger partial charge in [0.2, 0.25) is 5.88 Å². The minimum atomic E-state index is -4.40. The highest BCUT2D eigenvalue weighted by Gasteiger charge is 2.28. The number of hydrogen-bond donors (Lipinski definition) is 1. The van der Waals surface area contributed by atoms with Crippen molar-refractivity contribution in [2.45, 2.75) is 25.7 Å². The summed E-state index contributed by atoms with van der Waals surface area (Å²) in [4.78, 5) is 17.0. The number of hydrogen-bond acceptors (Lipinski definition) is 4. The fraction of sp³-hybridized carbons (Fsp3) is 0.263. The van der Waals surface area contributed by atoms with Gasteiger partial charge in [-0.15, -0.1) is 0 Å². The second kappa shape index (κ2) is 7.30. The predicted molar refractivity (Wildman–Crippen MR) is 92.2 cm³/mol. The van der Waals surface area contributed by atoms with Crippen LogP contribution in [0.5, 0.6) is 5.88 Å². The molecular weight excluding hydrogens is 361 g/mol. The first-order valence-electron chi connectivity index (χ1n) is 8.18. The molecule has 3 rings (SSSR count). The van der Waals surface area contributed by atoms with Gasteiger partial charge >= 0.3 is 12.1 Å². The van der Waals surface area contributed by atoms with Crippen LogP contribution in [0.4, 0.5) is 13.2 Å². The lowest BCUT2D eigenvalue weighted by Gasteiger charge is -2.31. The third-order valence-corrected chi connectivity index (χ3v) is 4.31. The van der Waals surface area contributed by atoms with E-state index in [9.17, 15) is 18.0 Å². The molecule has 2 heterocycles. The van der Waals surface area contributed by atoms with Crippen LogP contribution in [0, 0.1) is 0 Å². The molecule has 0 radical (unpaired) electrons. The molecule has 1 N–H and O–H groups in total. The van der Waals surface area contributed by atoms with Gasteiger partial charge in [0.1, 0.15) is 0 Å². The summed E-state index contributed by atoms with van der Waals surface area (Å²) in [5.74, 6) is -1.05.